The van der Waals surface area contributed by atoms with Gasteiger partial charge in [0.25, 0.3) is 0 Å². The van der Waals surface area contributed by atoms with Crippen LogP contribution in [-0.4, -0.2) is 80.6 Å². The monoisotopic (exact) mass is 797 g/mol. The predicted octanol–water partition coefficient (Wildman–Crippen LogP) is 12.1. The smallest absolute Gasteiger partial charge is 0.362 e. The van der Waals surface area contributed by atoms with E-state index in [1.54, 1.807) is 0 Å². The Morgan fingerprint density at radius 3 is 1.37 bits per heavy atom. The Kier molecular flexibility index (Phi) is 36.9. The SMILES string of the molecule is CC/C=C/C/C=C/C/C=C/C/C=C/CCCCCCCCC(=O)OCC(COCCC(C(=O)O)[N+](C)(C)C)OC(=O)CCCCCC/C=C/C/C=C/C/C=C/CC. The van der Waals surface area contributed by atoms with Crippen molar-refractivity contribution in [3.63, 3.8) is 0 Å². The second kappa shape index (κ2) is 39.3. The minimum atomic E-state index is -0.885. The lowest BCUT2D eigenvalue weighted by molar-refractivity contribution is -0.887. The molecule has 0 bridgehead atoms. The average Bonchev–Trinajstić information content (AvgIpc) is 3.17. The maximum atomic E-state index is 12.7. The molecule has 0 saturated carbocycles. The fourth-order valence-electron chi connectivity index (χ4n) is 5.92. The number of allylic oxidation sites excluding steroid dienone is 14. The Morgan fingerprint density at radius 1 is 0.526 bits per heavy atom. The number of quaternary nitrogens is 1. The molecule has 0 fully saturated rings. The molecule has 0 saturated heterocycles. The molecule has 57 heavy (non-hydrogen) atoms. The standard InChI is InChI=1S/C49H81NO7/c1-6-8-10-12-14-16-18-20-22-23-24-25-26-28-29-31-33-35-37-39-47(51)56-44-45(43-55-42-41-46(49(53)54)50(3,4)5)57-48(52)40-38-36-34-32-30-27-21-19-17-15-13-11-9-7-2/h8-11,14-17,20-22,24-25,27,45-46H,6-7,12-13,18-19,23,26,28-44H2,1-5H3/p+1/b10-8+,11-9+,16-14+,17-15+,22-20+,25-24+,27-21+. The number of rotatable bonds is 38. The van der Waals surface area contributed by atoms with Gasteiger partial charge in [-0.05, 0) is 83.5 Å². The number of aliphatic carboxylic acids is 1. The van der Waals surface area contributed by atoms with Gasteiger partial charge in [-0.15, -0.1) is 0 Å². The number of carboxylic acids is 1. The molecule has 0 heterocycles. The third-order valence-corrected chi connectivity index (χ3v) is 9.29. The molecule has 8 heteroatoms. The van der Waals surface area contributed by atoms with Gasteiger partial charge in [-0.1, -0.05) is 137 Å². The number of carboxylic acid groups (broad SMARTS) is 1. The Balaban J connectivity index is 4.40. The van der Waals surface area contributed by atoms with E-state index >= 15 is 0 Å². The van der Waals surface area contributed by atoms with E-state index in [9.17, 15) is 19.5 Å². The van der Waals surface area contributed by atoms with Gasteiger partial charge in [-0.3, -0.25) is 9.59 Å². The molecule has 0 aromatic heterocycles. The first kappa shape index (κ1) is 53.5. The van der Waals surface area contributed by atoms with Crippen LogP contribution in [0.5, 0.6) is 0 Å². The van der Waals surface area contributed by atoms with Gasteiger partial charge in [-0.25, -0.2) is 4.79 Å². The molecule has 1 N–H and O–H groups in total. The molecule has 0 aliphatic carbocycles. The summed E-state index contributed by atoms with van der Waals surface area (Å²) < 4.78 is 17.2. The van der Waals surface area contributed by atoms with Crippen LogP contribution in [-0.2, 0) is 28.6 Å². The van der Waals surface area contributed by atoms with Crippen molar-refractivity contribution >= 4 is 17.9 Å². The molecule has 0 aromatic carbocycles. The largest absolute Gasteiger partial charge is 0.477 e. The lowest BCUT2D eigenvalue weighted by Gasteiger charge is -2.31. The summed E-state index contributed by atoms with van der Waals surface area (Å²) in [6, 6.07) is -0.625. The zero-order chi connectivity index (χ0) is 42.1. The van der Waals surface area contributed by atoms with Gasteiger partial charge in [0, 0.05) is 19.3 Å². The van der Waals surface area contributed by atoms with Crippen molar-refractivity contribution in [3.8, 4) is 0 Å². The van der Waals surface area contributed by atoms with Crippen molar-refractivity contribution in [1.82, 2.24) is 0 Å². The highest BCUT2D eigenvalue weighted by Crippen LogP contribution is 2.13. The van der Waals surface area contributed by atoms with E-state index in [1.807, 2.05) is 21.1 Å². The van der Waals surface area contributed by atoms with Crippen molar-refractivity contribution in [2.24, 2.45) is 0 Å². The van der Waals surface area contributed by atoms with Gasteiger partial charge in [0.1, 0.15) is 6.61 Å². The van der Waals surface area contributed by atoms with Crippen LogP contribution in [0.2, 0.25) is 0 Å². The number of nitrogens with zero attached hydrogens (tertiary/aromatic N) is 1. The van der Waals surface area contributed by atoms with E-state index in [0.717, 1.165) is 109 Å². The fraction of sp³-hybridized carbons (Fsp3) is 0.653. The van der Waals surface area contributed by atoms with Gasteiger partial charge in [0.2, 0.25) is 0 Å². The molecule has 2 atom stereocenters. The van der Waals surface area contributed by atoms with Crippen LogP contribution < -0.4 is 0 Å². The second-order valence-corrected chi connectivity index (χ2v) is 15.5. The molecule has 0 rings (SSSR count). The molecule has 0 aromatic rings. The Hall–Kier alpha value is -3.49. The maximum Gasteiger partial charge on any atom is 0.362 e. The third-order valence-electron chi connectivity index (χ3n) is 9.29. The van der Waals surface area contributed by atoms with Crippen LogP contribution in [0.15, 0.2) is 85.1 Å². The normalized spacial score (nSPS) is 13.8. The minimum Gasteiger partial charge on any atom is -0.477 e. The summed E-state index contributed by atoms with van der Waals surface area (Å²) in [7, 11) is 5.50. The summed E-state index contributed by atoms with van der Waals surface area (Å²) in [6.45, 7) is 4.45. The number of hydrogen-bond acceptors (Lipinski definition) is 6. The molecule has 8 nitrogen and oxygen atoms in total. The first-order valence-electron chi connectivity index (χ1n) is 22.1. The third kappa shape index (κ3) is 37.8. The minimum absolute atomic E-state index is 0.0420. The van der Waals surface area contributed by atoms with Gasteiger partial charge in [0.05, 0.1) is 34.4 Å². The number of carbonyl (C=O) groups is 3. The van der Waals surface area contributed by atoms with Gasteiger partial charge < -0.3 is 23.8 Å². The number of hydrogen-bond donors (Lipinski definition) is 1. The van der Waals surface area contributed by atoms with Gasteiger partial charge >= 0.3 is 17.9 Å². The highest BCUT2D eigenvalue weighted by molar-refractivity contribution is 5.72. The van der Waals surface area contributed by atoms with E-state index in [1.165, 1.54) is 12.8 Å². The molecule has 0 aliphatic rings. The zero-order valence-corrected chi connectivity index (χ0v) is 36.8. The zero-order valence-electron chi connectivity index (χ0n) is 36.8. The molecule has 0 aliphatic heterocycles. The van der Waals surface area contributed by atoms with Crippen molar-refractivity contribution in [3.05, 3.63) is 85.1 Å². The summed E-state index contributed by atoms with van der Waals surface area (Å²) in [5.41, 5.74) is 0. The van der Waals surface area contributed by atoms with Crippen molar-refractivity contribution in [1.29, 1.82) is 0 Å². The average molecular weight is 797 g/mol. The quantitative estimate of drug-likeness (QED) is 0.0287. The van der Waals surface area contributed by atoms with Crippen molar-refractivity contribution in [2.45, 2.75) is 167 Å². The van der Waals surface area contributed by atoms with E-state index in [4.69, 9.17) is 14.2 Å². The topological polar surface area (TPSA) is 99.1 Å². The molecule has 0 radical (unpaired) electrons. The summed E-state index contributed by atoms with van der Waals surface area (Å²) in [6.07, 6.45) is 50.5. The van der Waals surface area contributed by atoms with E-state index in [-0.39, 0.29) is 36.2 Å². The molecular formula is C49H82NO7+. The predicted molar refractivity (Wildman–Crippen MR) is 238 cm³/mol. The van der Waals surface area contributed by atoms with Gasteiger partial charge in [-0.2, -0.15) is 0 Å². The summed E-state index contributed by atoms with van der Waals surface area (Å²) in [5.74, 6) is -1.53. The van der Waals surface area contributed by atoms with E-state index in [2.05, 4.69) is 98.9 Å². The van der Waals surface area contributed by atoms with Crippen LogP contribution in [0.3, 0.4) is 0 Å². The molecule has 324 valence electrons. The summed E-state index contributed by atoms with van der Waals surface area (Å²) >= 11 is 0. The van der Waals surface area contributed by atoms with Crippen LogP contribution in [0, 0.1) is 0 Å². The summed E-state index contributed by atoms with van der Waals surface area (Å²) in [5, 5.41) is 9.62. The summed E-state index contributed by atoms with van der Waals surface area (Å²) in [4.78, 5) is 37.0. The first-order valence-corrected chi connectivity index (χ1v) is 22.1. The number of carbonyl (C=O) groups excluding carboxylic acids is 2. The van der Waals surface area contributed by atoms with Crippen LogP contribution in [0.25, 0.3) is 0 Å². The number of likely N-dealkylation sites (N-methyl/N-ethyl adjacent to an activating group) is 1. The number of esters is 2. The molecule has 0 spiro atoms. The lowest BCUT2D eigenvalue weighted by atomic mass is 10.1. The van der Waals surface area contributed by atoms with Crippen molar-refractivity contribution < 1.29 is 38.2 Å². The van der Waals surface area contributed by atoms with Crippen LogP contribution >= 0.6 is 0 Å². The van der Waals surface area contributed by atoms with Crippen LogP contribution in [0.4, 0.5) is 0 Å². The number of unbranched alkanes of at least 4 members (excludes halogenated alkanes) is 10. The first-order chi connectivity index (χ1) is 27.6. The van der Waals surface area contributed by atoms with Crippen LogP contribution in [0.1, 0.15) is 155 Å². The fourth-order valence-corrected chi connectivity index (χ4v) is 5.92. The van der Waals surface area contributed by atoms with Gasteiger partial charge in [0.15, 0.2) is 12.1 Å². The molecule has 0 amide bonds. The molecule has 2 unspecified atom stereocenters. The highest BCUT2D eigenvalue weighted by atomic mass is 16.6. The van der Waals surface area contributed by atoms with Crippen molar-refractivity contribution in [2.75, 3.05) is 41.0 Å². The highest BCUT2D eigenvalue weighted by Gasteiger charge is 2.31. The molecular weight excluding hydrogens is 715 g/mol. The Morgan fingerprint density at radius 2 is 0.930 bits per heavy atom. The van der Waals surface area contributed by atoms with E-state index < -0.39 is 18.1 Å². The maximum absolute atomic E-state index is 12.7. The lowest BCUT2D eigenvalue weighted by Crippen LogP contribution is -2.50. The Bertz CT molecular complexity index is 1200. The Labute approximate surface area is 348 Å². The number of ether oxygens (including phenoxy) is 3. The van der Waals surface area contributed by atoms with E-state index in [0.29, 0.717) is 19.3 Å². The second-order valence-electron chi connectivity index (χ2n) is 15.5.